The number of hydrogen-bond acceptors (Lipinski definition) is 4. The Bertz CT molecular complexity index is 1030. The SMILES string of the molecule is O=C(Nc1ccccc1Cl)C1CCN(C2=NS(=O)(=O)c3ccccc32)CC1. The van der Waals surface area contributed by atoms with E-state index in [0.717, 1.165) is 0 Å². The zero-order valence-electron chi connectivity index (χ0n) is 14.4. The van der Waals surface area contributed by atoms with Gasteiger partial charge in [-0.1, -0.05) is 35.9 Å². The number of nitrogens with zero attached hydrogens (tertiary/aromatic N) is 2. The highest BCUT2D eigenvalue weighted by molar-refractivity contribution is 7.90. The number of anilines is 1. The maximum Gasteiger partial charge on any atom is 0.285 e. The van der Waals surface area contributed by atoms with Crippen molar-refractivity contribution in [3.63, 3.8) is 0 Å². The van der Waals surface area contributed by atoms with Crippen LogP contribution in [-0.2, 0) is 14.8 Å². The highest BCUT2D eigenvalue weighted by Gasteiger charge is 2.34. The van der Waals surface area contributed by atoms with Gasteiger partial charge < -0.3 is 10.2 Å². The lowest BCUT2D eigenvalue weighted by atomic mass is 9.95. The van der Waals surface area contributed by atoms with E-state index in [0.29, 0.717) is 48.0 Å². The Morgan fingerprint density at radius 1 is 1.07 bits per heavy atom. The Hall–Kier alpha value is -2.38. The molecule has 2 aromatic carbocycles. The first-order valence-electron chi connectivity index (χ1n) is 8.70. The predicted molar refractivity (Wildman–Crippen MR) is 105 cm³/mol. The van der Waals surface area contributed by atoms with Gasteiger partial charge in [-0.25, -0.2) is 0 Å². The van der Waals surface area contributed by atoms with Gasteiger partial charge in [-0.05, 0) is 37.1 Å². The lowest BCUT2D eigenvalue weighted by Gasteiger charge is -2.32. The van der Waals surface area contributed by atoms with Gasteiger partial charge in [-0.3, -0.25) is 4.79 Å². The zero-order chi connectivity index (χ0) is 19.0. The van der Waals surface area contributed by atoms with Crippen LogP contribution in [0.2, 0.25) is 5.02 Å². The van der Waals surface area contributed by atoms with Crippen molar-refractivity contribution in [3.8, 4) is 0 Å². The van der Waals surface area contributed by atoms with Crippen molar-refractivity contribution in [2.75, 3.05) is 18.4 Å². The average Bonchev–Trinajstić information content (AvgIpc) is 2.95. The quantitative estimate of drug-likeness (QED) is 0.835. The Morgan fingerprint density at radius 2 is 1.74 bits per heavy atom. The van der Waals surface area contributed by atoms with E-state index in [1.165, 1.54) is 0 Å². The molecular formula is C19H18ClN3O3S. The van der Waals surface area contributed by atoms with Crippen molar-refractivity contribution >= 4 is 39.1 Å². The summed E-state index contributed by atoms with van der Waals surface area (Å²) in [6, 6.07) is 14.0. The molecule has 2 aliphatic heterocycles. The monoisotopic (exact) mass is 403 g/mol. The molecule has 27 heavy (non-hydrogen) atoms. The number of rotatable bonds is 2. The number of carbonyl (C=O) groups is 1. The van der Waals surface area contributed by atoms with E-state index in [2.05, 4.69) is 9.71 Å². The van der Waals surface area contributed by atoms with Crippen molar-refractivity contribution in [2.45, 2.75) is 17.7 Å². The molecule has 140 valence electrons. The summed E-state index contributed by atoms with van der Waals surface area (Å²) < 4.78 is 28.4. The van der Waals surface area contributed by atoms with Gasteiger partial charge in [0.2, 0.25) is 5.91 Å². The number of halogens is 1. The molecule has 8 heteroatoms. The second-order valence-electron chi connectivity index (χ2n) is 6.62. The first kappa shape index (κ1) is 18.0. The lowest BCUT2D eigenvalue weighted by molar-refractivity contribution is -0.120. The fourth-order valence-electron chi connectivity index (χ4n) is 3.47. The summed E-state index contributed by atoms with van der Waals surface area (Å²) in [7, 11) is -3.63. The van der Waals surface area contributed by atoms with Crippen LogP contribution in [0.1, 0.15) is 18.4 Å². The molecule has 1 N–H and O–H groups in total. The van der Waals surface area contributed by atoms with Crippen LogP contribution in [0.4, 0.5) is 5.69 Å². The van der Waals surface area contributed by atoms with Gasteiger partial charge in [-0.15, -0.1) is 4.40 Å². The summed E-state index contributed by atoms with van der Waals surface area (Å²) in [5, 5.41) is 3.38. The van der Waals surface area contributed by atoms with Crippen molar-refractivity contribution in [2.24, 2.45) is 10.3 Å². The standard InChI is InChI=1S/C19H18ClN3O3S/c20-15-6-2-3-7-16(15)21-19(24)13-9-11-23(12-10-13)18-14-5-1-4-8-17(14)27(25,26)22-18/h1-8,13H,9-12H2,(H,21,24). The molecule has 0 spiro atoms. The third kappa shape index (κ3) is 3.44. The van der Waals surface area contributed by atoms with Crippen molar-refractivity contribution in [1.29, 1.82) is 0 Å². The first-order valence-corrected chi connectivity index (χ1v) is 10.5. The number of para-hydroxylation sites is 1. The number of carbonyl (C=O) groups excluding carboxylic acids is 1. The summed E-state index contributed by atoms with van der Waals surface area (Å²) in [5.74, 6) is 0.270. The van der Waals surface area contributed by atoms with Crippen molar-refractivity contribution in [1.82, 2.24) is 4.90 Å². The van der Waals surface area contributed by atoms with E-state index in [1.807, 2.05) is 17.0 Å². The fraction of sp³-hybridized carbons (Fsp3) is 0.263. The van der Waals surface area contributed by atoms with E-state index in [9.17, 15) is 13.2 Å². The normalized spacial score (nSPS) is 18.7. The fourth-order valence-corrected chi connectivity index (χ4v) is 4.88. The molecule has 1 saturated heterocycles. The zero-order valence-corrected chi connectivity index (χ0v) is 16.0. The summed E-state index contributed by atoms with van der Waals surface area (Å²) in [6.07, 6.45) is 1.25. The van der Waals surface area contributed by atoms with Crippen LogP contribution in [0.3, 0.4) is 0 Å². The largest absolute Gasteiger partial charge is 0.355 e. The minimum absolute atomic E-state index is 0.0656. The van der Waals surface area contributed by atoms with Gasteiger partial charge in [-0.2, -0.15) is 8.42 Å². The van der Waals surface area contributed by atoms with Crippen LogP contribution in [0.5, 0.6) is 0 Å². The molecule has 2 aromatic rings. The van der Waals surface area contributed by atoms with E-state index in [-0.39, 0.29) is 16.7 Å². The van der Waals surface area contributed by atoms with Crippen LogP contribution in [0.25, 0.3) is 0 Å². The number of amides is 1. The molecule has 0 aliphatic carbocycles. The molecule has 0 atom stereocenters. The van der Waals surface area contributed by atoms with Gasteiger partial charge in [0.05, 0.1) is 10.7 Å². The van der Waals surface area contributed by atoms with E-state index in [4.69, 9.17) is 11.6 Å². The summed E-state index contributed by atoms with van der Waals surface area (Å²) in [6.45, 7) is 1.15. The highest BCUT2D eigenvalue weighted by atomic mass is 35.5. The van der Waals surface area contributed by atoms with Crippen LogP contribution in [0.15, 0.2) is 57.8 Å². The van der Waals surface area contributed by atoms with Gasteiger partial charge in [0.1, 0.15) is 4.90 Å². The molecule has 0 saturated carbocycles. The molecule has 1 fully saturated rings. The van der Waals surface area contributed by atoms with Gasteiger partial charge in [0.25, 0.3) is 10.0 Å². The summed E-state index contributed by atoms with van der Waals surface area (Å²) in [5.41, 5.74) is 1.24. The molecule has 2 aliphatic rings. The Kier molecular flexibility index (Phi) is 4.65. The third-order valence-corrected chi connectivity index (χ3v) is 6.56. The number of sulfonamides is 1. The first-order chi connectivity index (χ1) is 13.0. The second kappa shape index (κ2) is 6.98. The van der Waals surface area contributed by atoms with Crippen LogP contribution in [0, 0.1) is 5.92 Å². The molecule has 4 rings (SSSR count). The molecule has 0 unspecified atom stereocenters. The average molecular weight is 404 g/mol. The number of amidine groups is 1. The van der Waals surface area contributed by atoms with Gasteiger partial charge in [0, 0.05) is 24.6 Å². The summed E-state index contributed by atoms with van der Waals surface area (Å²) >= 11 is 6.10. The van der Waals surface area contributed by atoms with E-state index >= 15 is 0 Å². The van der Waals surface area contributed by atoms with Crippen molar-refractivity contribution in [3.05, 3.63) is 59.1 Å². The highest BCUT2D eigenvalue weighted by Crippen LogP contribution is 2.30. The smallest absolute Gasteiger partial charge is 0.285 e. The number of hydrogen-bond donors (Lipinski definition) is 1. The van der Waals surface area contributed by atoms with Gasteiger partial charge >= 0.3 is 0 Å². The Balaban J connectivity index is 1.44. The number of piperidine rings is 1. The third-order valence-electron chi connectivity index (χ3n) is 4.91. The molecule has 2 heterocycles. The molecular weight excluding hydrogens is 386 g/mol. The van der Waals surface area contributed by atoms with Crippen molar-refractivity contribution < 1.29 is 13.2 Å². The van der Waals surface area contributed by atoms with E-state index < -0.39 is 10.0 Å². The van der Waals surface area contributed by atoms with Crippen LogP contribution < -0.4 is 5.32 Å². The molecule has 0 aromatic heterocycles. The molecule has 0 bridgehead atoms. The molecule has 0 radical (unpaired) electrons. The summed E-state index contributed by atoms with van der Waals surface area (Å²) in [4.78, 5) is 14.7. The number of likely N-dealkylation sites (tertiary alicyclic amines) is 1. The Morgan fingerprint density at radius 3 is 2.48 bits per heavy atom. The topological polar surface area (TPSA) is 78.8 Å². The minimum Gasteiger partial charge on any atom is -0.355 e. The molecule has 6 nitrogen and oxygen atoms in total. The second-order valence-corrected chi connectivity index (χ2v) is 8.60. The predicted octanol–water partition coefficient (Wildman–Crippen LogP) is 3.14. The maximum atomic E-state index is 12.5. The maximum absolute atomic E-state index is 12.5. The van der Waals surface area contributed by atoms with Crippen LogP contribution >= 0.6 is 11.6 Å². The lowest BCUT2D eigenvalue weighted by Crippen LogP contribution is -2.41. The number of benzene rings is 2. The number of fused-ring (bicyclic) bond motifs is 1. The Labute approximate surface area is 162 Å². The van der Waals surface area contributed by atoms with Crippen LogP contribution in [-0.4, -0.2) is 38.2 Å². The van der Waals surface area contributed by atoms with E-state index in [1.54, 1.807) is 36.4 Å². The minimum atomic E-state index is -3.63. The number of nitrogens with one attached hydrogen (secondary N) is 1. The van der Waals surface area contributed by atoms with Gasteiger partial charge in [0.15, 0.2) is 5.84 Å². The molecule has 1 amide bonds.